The van der Waals surface area contributed by atoms with Crippen LogP contribution < -0.4 is 5.32 Å². The summed E-state index contributed by atoms with van der Waals surface area (Å²) in [6.45, 7) is 0.502. The zero-order valence-electron chi connectivity index (χ0n) is 16.6. The van der Waals surface area contributed by atoms with Crippen molar-refractivity contribution in [1.82, 2.24) is 4.57 Å². The lowest BCUT2D eigenvalue weighted by atomic mass is 10.0. The fraction of sp³-hybridized carbons (Fsp3) is 0.0800. The highest BCUT2D eigenvalue weighted by atomic mass is 19.4. The lowest BCUT2D eigenvalue weighted by molar-refractivity contribution is -0.137. The topological polar surface area (TPSA) is 34.0 Å². The molecule has 3 aromatic carbocycles. The van der Waals surface area contributed by atoms with Crippen LogP contribution in [-0.2, 0) is 17.5 Å². The molecule has 5 rings (SSSR count). The van der Waals surface area contributed by atoms with Gasteiger partial charge in [-0.2, -0.15) is 13.2 Å². The molecule has 0 radical (unpaired) electrons. The van der Waals surface area contributed by atoms with Crippen LogP contribution in [0, 0.1) is 5.82 Å². The molecule has 4 aromatic rings. The number of fused-ring (bicyclic) bond motifs is 2. The van der Waals surface area contributed by atoms with E-state index in [0.717, 1.165) is 34.2 Å². The number of aromatic nitrogens is 1. The summed E-state index contributed by atoms with van der Waals surface area (Å²) in [6.07, 6.45) is -0.908. The van der Waals surface area contributed by atoms with Gasteiger partial charge in [0.05, 0.1) is 5.56 Å². The number of nitrogens with one attached hydrogen (secondary N) is 1. The van der Waals surface area contributed by atoms with Crippen LogP contribution in [0.3, 0.4) is 0 Å². The molecule has 1 aliphatic rings. The minimum atomic E-state index is -4.49. The Balaban J connectivity index is 1.58. The van der Waals surface area contributed by atoms with Gasteiger partial charge in [-0.25, -0.2) is 4.39 Å². The van der Waals surface area contributed by atoms with Gasteiger partial charge >= 0.3 is 6.18 Å². The maximum Gasteiger partial charge on any atom is 0.416 e. The van der Waals surface area contributed by atoms with Crippen molar-refractivity contribution in [2.75, 3.05) is 5.32 Å². The number of anilines is 1. The number of nitrogens with zero attached hydrogens (tertiary/aromatic N) is 1. The Morgan fingerprint density at radius 1 is 0.969 bits per heavy atom. The monoisotopic (exact) mass is 436 g/mol. The van der Waals surface area contributed by atoms with Gasteiger partial charge in [0.2, 0.25) is 0 Å². The minimum Gasteiger partial charge on any atom is -0.342 e. The number of amides is 1. The van der Waals surface area contributed by atoms with Gasteiger partial charge in [-0.15, -0.1) is 0 Å². The molecule has 0 aliphatic carbocycles. The number of carbonyl (C=O) groups is 1. The number of hydrogen-bond donors (Lipinski definition) is 1. The van der Waals surface area contributed by atoms with Gasteiger partial charge in [0, 0.05) is 46.0 Å². The van der Waals surface area contributed by atoms with E-state index in [0.29, 0.717) is 17.7 Å². The fourth-order valence-electron chi connectivity index (χ4n) is 3.98. The average molecular weight is 436 g/mol. The predicted octanol–water partition coefficient (Wildman–Crippen LogP) is 6.34. The van der Waals surface area contributed by atoms with Gasteiger partial charge in [-0.3, -0.25) is 4.79 Å². The third-order valence-electron chi connectivity index (χ3n) is 5.52. The Morgan fingerprint density at radius 2 is 1.72 bits per heavy atom. The van der Waals surface area contributed by atoms with Crippen LogP contribution in [0.1, 0.15) is 22.3 Å². The lowest BCUT2D eigenvalue weighted by Crippen LogP contribution is -2.06. The highest BCUT2D eigenvalue weighted by molar-refractivity contribution is 6.35. The van der Waals surface area contributed by atoms with E-state index < -0.39 is 17.6 Å². The third kappa shape index (κ3) is 3.56. The summed E-state index contributed by atoms with van der Waals surface area (Å²) < 4.78 is 54.3. The quantitative estimate of drug-likeness (QED) is 0.295. The molecule has 1 aliphatic heterocycles. The van der Waals surface area contributed by atoms with Crippen molar-refractivity contribution >= 4 is 34.1 Å². The van der Waals surface area contributed by atoms with Gasteiger partial charge in [-0.1, -0.05) is 36.4 Å². The molecule has 32 heavy (non-hydrogen) atoms. The van der Waals surface area contributed by atoms with Crippen LogP contribution in [0.5, 0.6) is 0 Å². The lowest BCUT2D eigenvalue weighted by Gasteiger charge is -2.08. The summed E-state index contributed by atoms with van der Waals surface area (Å²) in [7, 11) is 0. The molecule has 3 nitrogen and oxygen atoms in total. The predicted molar refractivity (Wildman–Crippen MR) is 115 cm³/mol. The normalized spacial score (nSPS) is 14.8. The SMILES string of the molecule is O=C1Nc2cc(C(F)(F)F)ccc2/C1=C\c1cn(Cc2ccc(F)cc2)c2ccccc12. The molecular weight excluding hydrogens is 420 g/mol. The Bertz CT molecular complexity index is 1380. The number of alkyl halides is 3. The fourth-order valence-corrected chi connectivity index (χ4v) is 3.98. The largest absolute Gasteiger partial charge is 0.416 e. The summed E-state index contributed by atoms with van der Waals surface area (Å²) in [4.78, 5) is 12.6. The molecule has 1 N–H and O–H groups in total. The van der Waals surface area contributed by atoms with E-state index in [1.807, 2.05) is 35.0 Å². The Kier molecular flexibility index (Phi) is 4.62. The Hall–Kier alpha value is -3.87. The van der Waals surface area contributed by atoms with Gasteiger partial charge in [0.25, 0.3) is 5.91 Å². The highest BCUT2D eigenvalue weighted by Gasteiger charge is 2.33. The number of halogens is 4. The third-order valence-corrected chi connectivity index (χ3v) is 5.52. The number of hydrogen-bond acceptors (Lipinski definition) is 1. The van der Waals surface area contributed by atoms with Crippen LogP contribution in [0.4, 0.5) is 23.2 Å². The standard InChI is InChI=1S/C25H16F4N2O/c26-18-8-5-15(6-9-18)13-31-14-16(19-3-1-2-4-23(19)31)11-21-20-10-7-17(25(27,28)29)12-22(20)30-24(21)32/h1-12,14H,13H2,(H,30,32)/b21-11+. The highest BCUT2D eigenvalue weighted by Crippen LogP contribution is 2.39. The van der Waals surface area contributed by atoms with E-state index in [1.165, 1.54) is 18.2 Å². The molecule has 0 bridgehead atoms. The molecule has 0 unspecified atom stereocenters. The second kappa shape index (κ2) is 7.37. The van der Waals surface area contributed by atoms with E-state index in [4.69, 9.17) is 0 Å². The van der Waals surface area contributed by atoms with E-state index in [-0.39, 0.29) is 11.5 Å². The Morgan fingerprint density at radius 3 is 2.47 bits per heavy atom. The van der Waals surface area contributed by atoms with E-state index in [9.17, 15) is 22.4 Å². The number of para-hydroxylation sites is 1. The van der Waals surface area contributed by atoms with Crippen molar-refractivity contribution in [3.05, 3.63) is 101 Å². The van der Waals surface area contributed by atoms with Crippen molar-refractivity contribution in [3.8, 4) is 0 Å². The van der Waals surface area contributed by atoms with Gasteiger partial charge in [0.1, 0.15) is 5.82 Å². The van der Waals surface area contributed by atoms with Crippen LogP contribution in [0.2, 0.25) is 0 Å². The van der Waals surface area contributed by atoms with Gasteiger partial charge in [-0.05, 0) is 42.0 Å². The molecular formula is C25H16F4N2O. The number of carbonyl (C=O) groups excluding carboxylic acids is 1. The van der Waals surface area contributed by atoms with E-state index >= 15 is 0 Å². The van der Waals surface area contributed by atoms with Crippen molar-refractivity contribution in [2.24, 2.45) is 0 Å². The Labute approximate surface area is 180 Å². The van der Waals surface area contributed by atoms with Crippen molar-refractivity contribution < 1.29 is 22.4 Å². The molecule has 2 heterocycles. The maximum atomic E-state index is 13.2. The van der Waals surface area contributed by atoms with E-state index in [2.05, 4.69) is 5.32 Å². The first-order valence-corrected chi connectivity index (χ1v) is 9.86. The summed E-state index contributed by atoms with van der Waals surface area (Å²) >= 11 is 0. The van der Waals surface area contributed by atoms with Gasteiger partial charge < -0.3 is 9.88 Å². The maximum absolute atomic E-state index is 13.2. The molecule has 0 atom stereocenters. The first-order valence-electron chi connectivity index (χ1n) is 9.86. The molecule has 0 spiro atoms. The molecule has 0 fully saturated rings. The average Bonchev–Trinajstić information content (AvgIpc) is 3.26. The zero-order chi connectivity index (χ0) is 22.5. The summed E-state index contributed by atoms with van der Waals surface area (Å²) in [6, 6.07) is 17.1. The molecule has 1 aromatic heterocycles. The first kappa shape index (κ1) is 20.1. The first-order chi connectivity index (χ1) is 15.3. The molecule has 0 saturated heterocycles. The van der Waals surface area contributed by atoms with Crippen LogP contribution >= 0.6 is 0 Å². The summed E-state index contributed by atoms with van der Waals surface area (Å²) in [5.41, 5.74) is 2.67. The van der Waals surface area contributed by atoms with Crippen LogP contribution in [-0.4, -0.2) is 10.5 Å². The summed E-state index contributed by atoms with van der Waals surface area (Å²) in [5, 5.41) is 3.43. The second-order valence-corrected chi connectivity index (χ2v) is 7.63. The van der Waals surface area contributed by atoms with Crippen molar-refractivity contribution in [1.29, 1.82) is 0 Å². The van der Waals surface area contributed by atoms with Crippen molar-refractivity contribution in [3.63, 3.8) is 0 Å². The zero-order valence-corrected chi connectivity index (χ0v) is 16.6. The molecule has 7 heteroatoms. The van der Waals surface area contributed by atoms with Gasteiger partial charge in [0.15, 0.2) is 0 Å². The second-order valence-electron chi connectivity index (χ2n) is 7.63. The molecule has 1 amide bonds. The smallest absolute Gasteiger partial charge is 0.342 e. The molecule has 160 valence electrons. The minimum absolute atomic E-state index is 0.145. The van der Waals surface area contributed by atoms with Crippen LogP contribution in [0.25, 0.3) is 22.6 Å². The summed E-state index contributed by atoms with van der Waals surface area (Å²) in [5.74, 6) is -0.759. The van der Waals surface area contributed by atoms with Crippen LogP contribution in [0.15, 0.2) is 72.9 Å². The van der Waals surface area contributed by atoms with E-state index in [1.54, 1.807) is 18.2 Å². The molecule has 0 saturated carbocycles. The van der Waals surface area contributed by atoms with Crippen molar-refractivity contribution in [2.45, 2.75) is 12.7 Å². The number of rotatable bonds is 3. The number of benzene rings is 3.